The number of nitrogens with two attached hydrogens (primary N) is 1. The lowest BCUT2D eigenvalue weighted by Crippen LogP contribution is -2.49. The number of carbonyl (C=O) groups excluding carboxylic acids is 1. The first kappa shape index (κ1) is 12.8. The molecule has 0 aromatic heterocycles. The molecule has 3 N–H and O–H groups in total. The molecule has 0 bridgehead atoms. The van der Waals surface area contributed by atoms with Crippen LogP contribution in [0, 0.1) is 5.41 Å². The molecule has 4 nitrogen and oxygen atoms in total. The third-order valence-corrected chi connectivity index (χ3v) is 4.53. The second kappa shape index (κ2) is 5.36. The zero-order valence-electron chi connectivity index (χ0n) is 10.5. The minimum atomic E-state index is 0.0474. The molecule has 2 fully saturated rings. The van der Waals surface area contributed by atoms with Crippen molar-refractivity contribution < 1.29 is 9.90 Å². The molecule has 1 atom stereocenters. The maximum absolute atomic E-state index is 12.3. The fraction of sp³-hybridized carbons (Fsp3) is 0.923. The van der Waals surface area contributed by atoms with Gasteiger partial charge in [-0.2, -0.15) is 0 Å². The molecule has 17 heavy (non-hydrogen) atoms. The van der Waals surface area contributed by atoms with Gasteiger partial charge in [0.05, 0.1) is 12.6 Å². The molecule has 1 aliphatic carbocycles. The number of nitrogens with zero attached hydrogens (tertiary/aromatic N) is 1. The molecular formula is C13H24N2O2. The van der Waals surface area contributed by atoms with E-state index in [4.69, 9.17) is 5.73 Å². The van der Waals surface area contributed by atoms with Gasteiger partial charge in [0.1, 0.15) is 0 Å². The first-order valence-electron chi connectivity index (χ1n) is 6.81. The first-order valence-corrected chi connectivity index (χ1v) is 6.81. The molecule has 0 aromatic rings. The van der Waals surface area contributed by atoms with E-state index in [0.717, 1.165) is 38.6 Å². The van der Waals surface area contributed by atoms with Crippen LogP contribution in [0.2, 0.25) is 0 Å². The molecule has 2 aliphatic rings. The Morgan fingerprint density at radius 2 is 2.12 bits per heavy atom. The number of aliphatic hydroxyl groups is 1. The molecule has 4 heteroatoms. The van der Waals surface area contributed by atoms with Gasteiger partial charge in [-0.3, -0.25) is 4.79 Å². The van der Waals surface area contributed by atoms with Crippen LogP contribution < -0.4 is 5.73 Å². The van der Waals surface area contributed by atoms with Crippen LogP contribution in [0.3, 0.4) is 0 Å². The average molecular weight is 240 g/mol. The van der Waals surface area contributed by atoms with Crippen LogP contribution in [0.25, 0.3) is 0 Å². The highest BCUT2D eigenvalue weighted by Gasteiger charge is 2.39. The van der Waals surface area contributed by atoms with Crippen LogP contribution in [-0.2, 0) is 4.79 Å². The molecule has 0 radical (unpaired) electrons. The SMILES string of the molecule is NCC1(CC(=O)N2CCCCC2CO)CCC1. The Balaban J connectivity index is 1.93. The van der Waals surface area contributed by atoms with Crippen molar-refractivity contribution in [1.82, 2.24) is 4.90 Å². The molecule has 0 spiro atoms. The van der Waals surface area contributed by atoms with Gasteiger partial charge in [0.2, 0.25) is 5.91 Å². The highest BCUT2D eigenvalue weighted by molar-refractivity contribution is 5.77. The van der Waals surface area contributed by atoms with Gasteiger partial charge in [-0.15, -0.1) is 0 Å². The van der Waals surface area contributed by atoms with Crippen molar-refractivity contribution in [2.24, 2.45) is 11.1 Å². The molecule has 0 aromatic carbocycles. The third kappa shape index (κ3) is 2.63. The van der Waals surface area contributed by atoms with Crippen LogP contribution in [0.15, 0.2) is 0 Å². The quantitative estimate of drug-likeness (QED) is 0.766. The van der Waals surface area contributed by atoms with Crippen LogP contribution in [0.4, 0.5) is 0 Å². The molecule has 1 saturated carbocycles. The lowest BCUT2D eigenvalue weighted by atomic mass is 9.66. The molecule has 1 heterocycles. The Morgan fingerprint density at radius 1 is 1.35 bits per heavy atom. The number of amides is 1. The van der Waals surface area contributed by atoms with E-state index in [1.807, 2.05) is 4.90 Å². The Morgan fingerprint density at radius 3 is 2.65 bits per heavy atom. The minimum Gasteiger partial charge on any atom is -0.394 e. The van der Waals surface area contributed by atoms with Gasteiger partial charge < -0.3 is 15.7 Å². The average Bonchev–Trinajstić information content (AvgIpc) is 2.33. The normalized spacial score (nSPS) is 27.6. The molecule has 2 rings (SSSR count). The number of aliphatic hydroxyl groups excluding tert-OH is 1. The van der Waals surface area contributed by atoms with Crippen LogP contribution in [0.1, 0.15) is 44.9 Å². The van der Waals surface area contributed by atoms with Gasteiger partial charge in [-0.25, -0.2) is 0 Å². The van der Waals surface area contributed by atoms with Crippen molar-refractivity contribution in [2.45, 2.75) is 51.0 Å². The van der Waals surface area contributed by atoms with Crippen LogP contribution >= 0.6 is 0 Å². The zero-order chi connectivity index (χ0) is 12.3. The summed E-state index contributed by atoms with van der Waals surface area (Å²) in [4.78, 5) is 14.2. The molecule has 1 saturated heterocycles. The van der Waals surface area contributed by atoms with Gasteiger partial charge in [0, 0.05) is 13.0 Å². The van der Waals surface area contributed by atoms with E-state index in [9.17, 15) is 9.90 Å². The predicted octanol–water partition coefficient (Wildman–Crippen LogP) is 0.879. The summed E-state index contributed by atoms with van der Waals surface area (Å²) in [6.07, 6.45) is 7.10. The summed E-state index contributed by atoms with van der Waals surface area (Å²) < 4.78 is 0. The number of hydrogen-bond donors (Lipinski definition) is 2. The van der Waals surface area contributed by atoms with Gasteiger partial charge in [-0.05, 0) is 44.1 Å². The monoisotopic (exact) mass is 240 g/mol. The minimum absolute atomic E-state index is 0.0474. The summed E-state index contributed by atoms with van der Waals surface area (Å²) in [5.74, 6) is 0.203. The summed E-state index contributed by atoms with van der Waals surface area (Å²) in [6.45, 7) is 1.53. The van der Waals surface area contributed by atoms with Gasteiger partial charge in [0.25, 0.3) is 0 Å². The van der Waals surface area contributed by atoms with Gasteiger partial charge in [-0.1, -0.05) is 6.42 Å². The highest BCUT2D eigenvalue weighted by atomic mass is 16.3. The topological polar surface area (TPSA) is 66.6 Å². The number of rotatable bonds is 4. The molecular weight excluding hydrogens is 216 g/mol. The molecule has 1 aliphatic heterocycles. The van der Waals surface area contributed by atoms with Crippen LogP contribution in [0.5, 0.6) is 0 Å². The molecule has 1 unspecified atom stereocenters. The number of carbonyl (C=O) groups is 1. The molecule has 98 valence electrons. The maximum atomic E-state index is 12.3. The lowest BCUT2D eigenvalue weighted by molar-refractivity contribution is -0.139. The zero-order valence-corrected chi connectivity index (χ0v) is 10.5. The van der Waals surface area contributed by atoms with E-state index in [1.54, 1.807) is 0 Å². The fourth-order valence-corrected chi connectivity index (χ4v) is 3.07. The van der Waals surface area contributed by atoms with Crippen molar-refractivity contribution in [2.75, 3.05) is 19.7 Å². The first-order chi connectivity index (χ1) is 8.21. The van der Waals surface area contributed by atoms with E-state index >= 15 is 0 Å². The van der Waals surface area contributed by atoms with Crippen molar-refractivity contribution >= 4 is 5.91 Å². The Bertz CT molecular complexity index is 271. The number of piperidine rings is 1. The summed E-state index contributed by atoms with van der Waals surface area (Å²) in [5.41, 5.74) is 5.87. The van der Waals surface area contributed by atoms with Crippen molar-refractivity contribution in [3.63, 3.8) is 0 Å². The number of hydrogen-bond acceptors (Lipinski definition) is 3. The maximum Gasteiger partial charge on any atom is 0.223 e. The second-order valence-corrected chi connectivity index (χ2v) is 5.65. The smallest absolute Gasteiger partial charge is 0.223 e. The Hall–Kier alpha value is -0.610. The third-order valence-electron chi connectivity index (χ3n) is 4.53. The summed E-state index contributed by atoms with van der Waals surface area (Å²) in [6, 6.07) is 0.0474. The lowest BCUT2D eigenvalue weighted by Gasteiger charge is -2.43. The van der Waals surface area contributed by atoms with E-state index in [0.29, 0.717) is 13.0 Å². The number of likely N-dealkylation sites (tertiary alicyclic amines) is 1. The summed E-state index contributed by atoms with van der Waals surface area (Å²) in [7, 11) is 0. The van der Waals surface area contributed by atoms with Gasteiger partial charge in [0.15, 0.2) is 0 Å². The van der Waals surface area contributed by atoms with E-state index in [2.05, 4.69) is 0 Å². The summed E-state index contributed by atoms with van der Waals surface area (Å²) in [5, 5.41) is 9.32. The standard InChI is InChI=1S/C13H24N2O2/c14-10-13(5-3-6-13)8-12(17)15-7-2-1-4-11(15)9-16/h11,16H,1-10,14H2. The second-order valence-electron chi connectivity index (χ2n) is 5.65. The largest absolute Gasteiger partial charge is 0.394 e. The van der Waals surface area contributed by atoms with E-state index in [-0.39, 0.29) is 24.0 Å². The van der Waals surface area contributed by atoms with Crippen molar-refractivity contribution in [3.05, 3.63) is 0 Å². The summed E-state index contributed by atoms with van der Waals surface area (Å²) >= 11 is 0. The Kier molecular flexibility index (Phi) is 4.05. The van der Waals surface area contributed by atoms with Crippen molar-refractivity contribution in [1.29, 1.82) is 0 Å². The fourth-order valence-electron chi connectivity index (χ4n) is 3.07. The Labute approximate surface area is 103 Å². The van der Waals surface area contributed by atoms with E-state index < -0.39 is 0 Å². The van der Waals surface area contributed by atoms with Crippen molar-refractivity contribution in [3.8, 4) is 0 Å². The predicted molar refractivity (Wildman–Crippen MR) is 66.4 cm³/mol. The highest BCUT2D eigenvalue weighted by Crippen LogP contribution is 2.43. The van der Waals surface area contributed by atoms with E-state index in [1.165, 1.54) is 6.42 Å². The van der Waals surface area contributed by atoms with Crippen LogP contribution in [-0.4, -0.2) is 41.7 Å². The van der Waals surface area contributed by atoms with Gasteiger partial charge >= 0.3 is 0 Å². The molecule has 1 amide bonds.